The molecular weight excluding hydrogens is 377 g/mol. The number of aromatic nitrogens is 1. The number of ether oxygens (including phenoxy) is 1. The lowest BCUT2D eigenvalue weighted by molar-refractivity contribution is -0.275. The van der Waals surface area contributed by atoms with Gasteiger partial charge < -0.3 is 9.84 Å². The van der Waals surface area contributed by atoms with E-state index in [1.807, 2.05) is 0 Å². The summed E-state index contributed by atoms with van der Waals surface area (Å²) in [6.45, 7) is 0. The van der Waals surface area contributed by atoms with Crippen molar-refractivity contribution in [2.45, 2.75) is 12.2 Å². The van der Waals surface area contributed by atoms with Crippen molar-refractivity contribution in [1.29, 1.82) is 0 Å². The summed E-state index contributed by atoms with van der Waals surface area (Å²) in [5.41, 5.74) is -0.423. The molecule has 94 valence electrons. The van der Waals surface area contributed by atoms with Crippen molar-refractivity contribution in [2.75, 3.05) is 0 Å². The monoisotopic (exact) mass is 381 g/mol. The molecule has 1 heterocycles. The summed E-state index contributed by atoms with van der Waals surface area (Å²) in [6.07, 6.45) is -4.19. The van der Waals surface area contributed by atoms with E-state index >= 15 is 0 Å². The molecule has 0 amide bonds. The summed E-state index contributed by atoms with van der Waals surface area (Å²) < 4.78 is 39.8. The third-order valence-electron chi connectivity index (χ3n) is 1.64. The molecule has 0 aromatic carbocycles. The summed E-state index contributed by atoms with van der Waals surface area (Å²) in [5, 5.41) is 8.74. The van der Waals surface area contributed by atoms with Crippen molar-refractivity contribution in [2.24, 2.45) is 0 Å². The van der Waals surface area contributed by atoms with Gasteiger partial charge in [0.15, 0.2) is 11.4 Å². The van der Waals surface area contributed by atoms with E-state index < -0.39 is 18.1 Å². The molecule has 9 heteroatoms. The van der Waals surface area contributed by atoms with Crippen LogP contribution < -0.4 is 4.74 Å². The fraction of sp³-hybridized carbons (Fsp3) is 0.250. The molecule has 0 bridgehead atoms. The highest BCUT2D eigenvalue weighted by molar-refractivity contribution is 14.1. The number of carbonyl (C=O) groups is 1. The molecule has 0 spiro atoms. The van der Waals surface area contributed by atoms with E-state index in [4.69, 9.17) is 16.7 Å². The number of aromatic carboxylic acids is 1. The second kappa shape index (κ2) is 5.25. The highest BCUT2D eigenvalue weighted by Crippen LogP contribution is 2.31. The minimum atomic E-state index is -4.88. The molecule has 4 nitrogen and oxygen atoms in total. The number of hydrogen-bond donors (Lipinski definition) is 1. The van der Waals surface area contributed by atoms with Gasteiger partial charge in [0.25, 0.3) is 0 Å². The van der Waals surface area contributed by atoms with Crippen LogP contribution in [0.5, 0.6) is 5.75 Å². The van der Waals surface area contributed by atoms with Gasteiger partial charge in [-0.1, -0.05) is 0 Å². The van der Waals surface area contributed by atoms with Crippen molar-refractivity contribution >= 4 is 40.2 Å². The van der Waals surface area contributed by atoms with Crippen molar-refractivity contribution in [3.05, 3.63) is 21.0 Å². The maximum absolute atomic E-state index is 12.0. The minimum Gasteiger partial charge on any atom is -0.476 e. The zero-order chi connectivity index (χ0) is 13.2. The first-order valence-corrected chi connectivity index (χ1v) is 5.60. The van der Waals surface area contributed by atoms with Crippen LogP contribution in [0.15, 0.2) is 6.20 Å². The van der Waals surface area contributed by atoms with E-state index in [0.717, 1.165) is 0 Å². The standard InChI is InChI=1S/C8H4ClF3INO3/c9-1-3-4(17-8(10,11)12)2-14-6(5(3)13)7(15)16/h2H,1H2,(H,15,16). The summed E-state index contributed by atoms with van der Waals surface area (Å²) in [4.78, 5) is 14.1. The Morgan fingerprint density at radius 1 is 1.59 bits per heavy atom. The molecule has 0 atom stereocenters. The highest BCUT2D eigenvalue weighted by atomic mass is 127. The molecule has 0 saturated carbocycles. The number of pyridine rings is 1. The smallest absolute Gasteiger partial charge is 0.476 e. The number of carboxylic acids is 1. The van der Waals surface area contributed by atoms with Crippen LogP contribution in [-0.2, 0) is 5.88 Å². The molecular formula is C8H4ClF3INO3. The van der Waals surface area contributed by atoms with Crippen molar-refractivity contribution in [3.8, 4) is 5.75 Å². The van der Waals surface area contributed by atoms with E-state index in [-0.39, 0.29) is 20.7 Å². The third-order valence-corrected chi connectivity index (χ3v) is 3.07. The molecule has 0 aliphatic rings. The topological polar surface area (TPSA) is 59.4 Å². The molecule has 1 rings (SSSR count). The number of hydrogen-bond acceptors (Lipinski definition) is 3. The Balaban J connectivity index is 3.26. The van der Waals surface area contributed by atoms with Gasteiger partial charge in [-0.15, -0.1) is 24.8 Å². The summed E-state index contributed by atoms with van der Waals surface area (Å²) >= 11 is 7.03. The Morgan fingerprint density at radius 2 is 2.18 bits per heavy atom. The average molecular weight is 381 g/mol. The lowest BCUT2D eigenvalue weighted by Gasteiger charge is -2.13. The van der Waals surface area contributed by atoms with E-state index in [9.17, 15) is 18.0 Å². The molecule has 0 aliphatic heterocycles. The zero-order valence-corrected chi connectivity index (χ0v) is 10.8. The molecule has 17 heavy (non-hydrogen) atoms. The predicted octanol–water partition coefficient (Wildman–Crippen LogP) is 3.02. The van der Waals surface area contributed by atoms with Crippen molar-refractivity contribution in [1.82, 2.24) is 4.98 Å². The number of alkyl halides is 4. The Hall–Kier alpha value is -0.770. The normalized spacial score (nSPS) is 11.4. The minimum absolute atomic E-state index is 0.0202. The average Bonchev–Trinajstić information content (AvgIpc) is 2.15. The number of carboxylic acid groups (broad SMARTS) is 1. The van der Waals surface area contributed by atoms with Crippen molar-refractivity contribution in [3.63, 3.8) is 0 Å². The number of nitrogens with zero attached hydrogens (tertiary/aromatic N) is 1. The summed E-state index contributed by atoms with van der Waals surface area (Å²) in [5.74, 6) is -2.26. The first-order valence-electron chi connectivity index (χ1n) is 3.98. The van der Waals surface area contributed by atoms with Crippen molar-refractivity contribution < 1.29 is 27.8 Å². The van der Waals surface area contributed by atoms with Gasteiger partial charge in [-0.2, -0.15) is 0 Å². The van der Waals surface area contributed by atoms with Crippen LogP contribution >= 0.6 is 34.2 Å². The lowest BCUT2D eigenvalue weighted by Crippen LogP contribution is -2.19. The van der Waals surface area contributed by atoms with Crippen LogP contribution in [0, 0.1) is 3.57 Å². The fourth-order valence-corrected chi connectivity index (χ4v) is 2.31. The van der Waals surface area contributed by atoms with Gasteiger partial charge in [0.05, 0.1) is 15.6 Å². The highest BCUT2D eigenvalue weighted by Gasteiger charge is 2.33. The van der Waals surface area contributed by atoms with Gasteiger partial charge in [-0.3, -0.25) is 0 Å². The molecule has 1 N–H and O–H groups in total. The quantitative estimate of drug-likeness (QED) is 0.646. The molecule has 1 aromatic heterocycles. The lowest BCUT2D eigenvalue weighted by atomic mass is 10.2. The van der Waals surface area contributed by atoms with Gasteiger partial charge in [-0.25, -0.2) is 9.78 Å². The van der Waals surface area contributed by atoms with E-state index in [2.05, 4.69) is 9.72 Å². The van der Waals surface area contributed by atoms with Gasteiger partial charge >= 0.3 is 12.3 Å². The van der Waals surface area contributed by atoms with Crippen LogP contribution in [0.4, 0.5) is 13.2 Å². The maximum Gasteiger partial charge on any atom is 0.573 e. The predicted molar refractivity (Wildman–Crippen MR) is 60.2 cm³/mol. The van der Waals surface area contributed by atoms with Gasteiger partial charge in [0.2, 0.25) is 0 Å². The first kappa shape index (κ1) is 14.3. The van der Waals surface area contributed by atoms with Gasteiger partial charge in [0.1, 0.15) is 0 Å². The maximum atomic E-state index is 12.0. The summed E-state index contributed by atoms with van der Waals surface area (Å²) in [7, 11) is 0. The molecule has 0 aliphatic carbocycles. The number of halogens is 5. The van der Waals surface area contributed by atoms with Gasteiger partial charge in [-0.05, 0) is 22.6 Å². The largest absolute Gasteiger partial charge is 0.573 e. The van der Waals surface area contributed by atoms with Crippen LogP contribution in [0.3, 0.4) is 0 Å². The van der Waals surface area contributed by atoms with Crippen LogP contribution in [0.25, 0.3) is 0 Å². The Bertz CT molecular complexity index is 452. The molecule has 0 radical (unpaired) electrons. The second-order valence-corrected chi connectivity index (χ2v) is 4.10. The van der Waals surface area contributed by atoms with Gasteiger partial charge in [0, 0.05) is 5.56 Å². The molecule has 0 unspecified atom stereocenters. The van der Waals surface area contributed by atoms with E-state index in [1.165, 1.54) is 0 Å². The van der Waals surface area contributed by atoms with E-state index in [0.29, 0.717) is 6.20 Å². The SMILES string of the molecule is O=C(O)c1ncc(OC(F)(F)F)c(CCl)c1I. The van der Waals surface area contributed by atoms with Crippen LogP contribution in [0.1, 0.15) is 16.1 Å². The van der Waals surface area contributed by atoms with Crippen LogP contribution in [0.2, 0.25) is 0 Å². The molecule has 1 aromatic rings. The Labute approximate surface area is 112 Å². The zero-order valence-electron chi connectivity index (χ0n) is 7.89. The van der Waals surface area contributed by atoms with E-state index in [1.54, 1.807) is 22.6 Å². The Kier molecular flexibility index (Phi) is 4.42. The molecule has 0 saturated heterocycles. The Morgan fingerprint density at radius 3 is 2.59 bits per heavy atom. The summed E-state index contributed by atoms with van der Waals surface area (Å²) in [6, 6.07) is 0. The second-order valence-electron chi connectivity index (χ2n) is 2.75. The first-order chi connectivity index (χ1) is 7.76. The third kappa shape index (κ3) is 3.60. The fourth-order valence-electron chi connectivity index (χ4n) is 0.995. The van der Waals surface area contributed by atoms with Crippen LogP contribution in [-0.4, -0.2) is 22.4 Å². The number of rotatable bonds is 3. The molecule has 0 fully saturated rings.